The summed E-state index contributed by atoms with van der Waals surface area (Å²) in [5.41, 5.74) is 1.80. The molecule has 2 heterocycles. The molecule has 0 saturated carbocycles. The van der Waals surface area contributed by atoms with Crippen LogP contribution in [0.25, 0.3) is 0 Å². The molecule has 4 rings (SSSR count). The van der Waals surface area contributed by atoms with Crippen molar-refractivity contribution in [2.45, 2.75) is 19.8 Å². The predicted octanol–water partition coefficient (Wildman–Crippen LogP) is 2.49. The van der Waals surface area contributed by atoms with Crippen LogP contribution in [0.5, 0.6) is 17.2 Å². The van der Waals surface area contributed by atoms with Gasteiger partial charge in [0.25, 0.3) is 11.8 Å². The zero-order valence-corrected chi connectivity index (χ0v) is 19.2. The molecule has 8 heteroatoms. The van der Waals surface area contributed by atoms with Gasteiger partial charge in [0.15, 0.2) is 18.1 Å². The van der Waals surface area contributed by atoms with E-state index >= 15 is 0 Å². The number of piperazine rings is 1. The summed E-state index contributed by atoms with van der Waals surface area (Å²) < 4.78 is 16.3. The zero-order valence-electron chi connectivity index (χ0n) is 19.2. The Morgan fingerprint density at radius 2 is 1.73 bits per heavy atom. The summed E-state index contributed by atoms with van der Waals surface area (Å²) in [6.45, 7) is 8.66. The van der Waals surface area contributed by atoms with E-state index in [1.54, 1.807) is 18.2 Å². The van der Waals surface area contributed by atoms with E-state index in [1.165, 1.54) is 5.56 Å². The molecule has 0 aliphatic carbocycles. The van der Waals surface area contributed by atoms with Crippen molar-refractivity contribution in [3.8, 4) is 17.2 Å². The van der Waals surface area contributed by atoms with Crippen LogP contribution in [0.1, 0.15) is 35.7 Å². The highest BCUT2D eigenvalue weighted by Crippen LogP contribution is 2.32. The van der Waals surface area contributed by atoms with Crippen LogP contribution in [0.4, 0.5) is 0 Å². The Kier molecular flexibility index (Phi) is 7.34. The molecule has 0 spiro atoms. The highest BCUT2D eigenvalue weighted by atomic mass is 16.7. The lowest BCUT2D eigenvalue weighted by atomic mass is 10.0. The van der Waals surface area contributed by atoms with Gasteiger partial charge in [0.05, 0.1) is 0 Å². The number of rotatable bonds is 8. The summed E-state index contributed by atoms with van der Waals surface area (Å²) in [6, 6.07) is 13.1. The first-order valence-corrected chi connectivity index (χ1v) is 11.4. The molecule has 1 saturated heterocycles. The molecule has 33 heavy (non-hydrogen) atoms. The average molecular weight is 454 g/mol. The molecule has 0 bridgehead atoms. The predicted molar refractivity (Wildman–Crippen MR) is 124 cm³/mol. The SMILES string of the molecule is CC(C)c1ccc(OCC(=O)N2CCN(CCNC(=O)c3ccc4c(c3)OCO4)CC2)cc1. The van der Waals surface area contributed by atoms with Crippen LogP contribution < -0.4 is 19.5 Å². The lowest BCUT2D eigenvalue weighted by Crippen LogP contribution is -2.51. The molecule has 0 unspecified atom stereocenters. The molecule has 1 fully saturated rings. The van der Waals surface area contributed by atoms with Crippen LogP contribution in [0.2, 0.25) is 0 Å². The molecule has 1 N–H and O–H groups in total. The average Bonchev–Trinajstić information content (AvgIpc) is 3.31. The number of carbonyl (C=O) groups excluding carboxylic acids is 2. The fourth-order valence-electron chi connectivity index (χ4n) is 3.87. The van der Waals surface area contributed by atoms with Crippen LogP contribution in [0.3, 0.4) is 0 Å². The summed E-state index contributed by atoms with van der Waals surface area (Å²) in [5.74, 6) is 2.30. The van der Waals surface area contributed by atoms with Gasteiger partial charge in [0.1, 0.15) is 5.75 Å². The monoisotopic (exact) mass is 453 g/mol. The summed E-state index contributed by atoms with van der Waals surface area (Å²) in [7, 11) is 0. The molecule has 0 radical (unpaired) electrons. The number of fused-ring (bicyclic) bond motifs is 1. The maximum Gasteiger partial charge on any atom is 0.260 e. The topological polar surface area (TPSA) is 80.3 Å². The lowest BCUT2D eigenvalue weighted by molar-refractivity contribution is -0.135. The molecule has 2 amide bonds. The Morgan fingerprint density at radius 3 is 2.45 bits per heavy atom. The molecule has 2 aromatic rings. The van der Waals surface area contributed by atoms with Gasteiger partial charge in [-0.15, -0.1) is 0 Å². The van der Waals surface area contributed by atoms with Crippen molar-refractivity contribution in [3.63, 3.8) is 0 Å². The minimum absolute atomic E-state index is 0.00121. The number of benzene rings is 2. The first kappa shape index (κ1) is 22.9. The van der Waals surface area contributed by atoms with Gasteiger partial charge in [-0.3, -0.25) is 14.5 Å². The van der Waals surface area contributed by atoms with E-state index in [2.05, 4.69) is 24.1 Å². The maximum atomic E-state index is 12.5. The van der Waals surface area contributed by atoms with Gasteiger partial charge in [0, 0.05) is 44.8 Å². The van der Waals surface area contributed by atoms with Crippen LogP contribution in [-0.4, -0.2) is 74.3 Å². The standard InChI is InChI=1S/C25H31N3O5/c1-18(2)19-3-6-21(7-4-19)31-16-24(29)28-13-11-27(12-14-28)10-9-26-25(30)20-5-8-22-23(15-20)33-17-32-22/h3-8,15,18H,9-14,16-17H2,1-2H3,(H,26,30). The molecule has 8 nitrogen and oxygen atoms in total. The minimum Gasteiger partial charge on any atom is -0.484 e. The fourth-order valence-corrected chi connectivity index (χ4v) is 3.87. The molecular weight excluding hydrogens is 422 g/mol. The fraction of sp³-hybridized carbons (Fsp3) is 0.440. The third kappa shape index (κ3) is 5.96. The Balaban J connectivity index is 1.14. The van der Waals surface area contributed by atoms with Gasteiger partial charge >= 0.3 is 0 Å². The largest absolute Gasteiger partial charge is 0.484 e. The van der Waals surface area contributed by atoms with E-state index < -0.39 is 0 Å². The Morgan fingerprint density at radius 1 is 1.00 bits per heavy atom. The Hall–Kier alpha value is -3.26. The number of hydrogen-bond donors (Lipinski definition) is 1. The van der Waals surface area contributed by atoms with Crippen LogP contribution in [0.15, 0.2) is 42.5 Å². The van der Waals surface area contributed by atoms with Crippen LogP contribution in [0, 0.1) is 0 Å². The van der Waals surface area contributed by atoms with Gasteiger partial charge in [0.2, 0.25) is 6.79 Å². The highest BCUT2D eigenvalue weighted by molar-refractivity contribution is 5.94. The van der Waals surface area contributed by atoms with Gasteiger partial charge < -0.3 is 24.4 Å². The number of carbonyl (C=O) groups is 2. The molecule has 2 aliphatic rings. The Bertz CT molecular complexity index is 969. The van der Waals surface area contributed by atoms with Gasteiger partial charge in [-0.05, 0) is 41.8 Å². The third-order valence-corrected chi connectivity index (χ3v) is 5.98. The molecular formula is C25H31N3O5. The van der Waals surface area contributed by atoms with Crippen molar-refractivity contribution in [2.24, 2.45) is 0 Å². The zero-order chi connectivity index (χ0) is 23.2. The van der Waals surface area contributed by atoms with Crippen molar-refractivity contribution < 1.29 is 23.8 Å². The van der Waals surface area contributed by atoms with E-state index in [0.29, 0.717) is 48.4 Å². The third-order valence-electron chi connectivity index (χ3n) is 5.98. The summed E-state index contributed by atoms with van der Waals surface area (Å²) >= 11 is 0. The number of nitrogens with zero attached hydrogens (tertiary/aromatic N) is 2. The molecule has 176 valence electrons. The van der Waals surface area contributed by atoms with E-state index in [0.717, 1.165) is 19.6 Å². The second-order valence-electron chi connectivity index (χ2n) is 8.56. The molecule has 2 aromatic carbocycles. The van der Waals surface area contributed by atoms with Crippen molar-refractivity contribution >= 4 is 11.8 Å². The summed E-state index contributed by atoms with van der Waals surface area (Å²) in [4.78, 5) is 29.0. The first-order chi connectivity index (χ1) is 16.0. The maximum absolute atomic E-state index is 12.5. The van der Waals surface area contributed by atoms with Gasteiger partial charge in [-0.25, -0.2) is 0 Å². The van der Waals surface area contributed by atoms with E-state index in [1.807, 2.05) is 29.2 Å². The molecule has 0 atom stereocenters. The number of hydrogen-bond acceptors (Lipinski definition) is 6. The summed E-state index contributed by atoms with van der Waals surface area (Å²) in [5, 5.41) is 2.94. The number of ether oxygens (including phenoxy) is 3. The summed E-state index contributed by atoms with van der Waals surface area (Å²) in [6.07, 6.45) is 0. The molecule has 2 aliphatic heterocycles. The van der Waals surface area contributed by atoms with E-state index in [4.69, 9.17) is 14.2 Å². The second kappa shape index (κ2) is 10.6. The van der Waals surface area contributed by atoms with Crippen molar-refractivity contribution in [3.05, 3.63) is 53.6 Å². The lowest BCUT2D eigenvalue weighted by Gasteiger charge is -2.34. The van der Waals surface area contributed by atoms with Crippen molar-refractivity contribution in [1.82, 2.24) is 15.1 Å². The minimum atomic E-state index is -0.138. The van der Waals surface area contributed by atoms with E-state index in [9.17, 15) is 9.59 Å². The van der Waals surface area contributed by atoms with Crippen molar-refractivity contribution in [2.75, 3.05) is 52.7 Å². The van der Waals surface area contributed by atoms with Crippen molar-refractivity contribution in [1.29, 1.82) is 0 Å². The number of amides is 2. The van der Waals surface area contributed by atoms with E-state index in [-0.39, 0.29) is 25.2 Å². The highest BCUT2D eigenvalue weighted by Gasteiger charge is 2.22. The first-order valence-electron chi connectivity index (χ1n) is 11.4. The van der Waals surface area contributed by atoms with Gasteiger partial charge in [-0.1, -0.05) is 26.0 Å². The number of nitrogens with one attached hydrogen (secondary N) is 1. The van der Waals surface area contributed by atoms with Crippen LogP contribution >= 0.6 is 0 Å². The smallest absolute Gasteiger partial charge is 0.260 e. The Labute approximate surface area is 194 Å². The van der Waals surface area contributed by atoms with Crippen LogP contribution in [-0.2, 0) is 4.79 Å². The normalized spacial score (nSPS) is 15.5. The quantitative estimate of drug-likeness (QED) is 0.662. The van der Waals surface area contributed by atoms with Gasteiger partial charge in [-0.2, -0.15) is 0 Å². The molecule has 0 aromatic heterocycles. The second-order valence-corrected chi connectivity index (χ2v) is 8.56.